The van der Waals surface area contributed by atoms with Gasteiger partial charge in [0.2, 0.25) is 0 Å². The smallest absolute Gasteiger partial charge is 0.319 e. The summed E-state index contributed by atoms with van der Waals surface area (Å²) < 4.78 is 0. The lowest BCUT2D eigenvalue weighted by molar-refractivity contribution is -0.142. The fraction of sp³-hybridized carbons (Fsp3) is 0.300. The number of anilines is 1. The predicted molar refractivity (Wildman–Crippen MR) is 102 cm³/mol. The van der Waals surface area contributed by atoms with E-state index < -0.39 is 5.97 Å². The summed E-state index contributed by atoms with van der Waals surface area (Å²) >= 11 is 6.22. The summed E-state index contributed by atoms with van der Waals surface area (Å²) in [5, 5.41) is 15.2. The lowest BCUT2D eigenvalue weighted by atomic mass is 9.86. The first-order valence-electron chi connectivity index (χ1n) is 8.68. The van der Waals surface area contributed by atoms with Gasteiger partial charge < -0.3 is 15.7 Å². The minimum Gasteiger partial charge on any atom is -0.481 e. The van der Waals surface area contributed by atoms with Crippen molar-refractivity contribution in [1.82, 2.24) is 5.32 Å². The van der Waals surface area contributed by atoms with Crippen molar-refractivity contribution in [3.8, 4) is 11.1 Å². The van der Waals surface area contributed by atoms with Crippen molar-refractivity contribution in [1.29, 1.82) is 0 Å². The molecular weight excluding hydrogens is 352 g/mol. The normalized spacial score (nSPS) is 19.6. The first-order chi connectivity index (χ1) is 12.5. The molecule has 2 aromatic rings. The van der Waals surface area contributed by atoms with E-state index in [0.29, 0.717) is 36.4 Å². The van der Waals surface area contributed by atoms with Crippen LogP contribution >= 0.6 is 11.6 Å². The summed E-state index contributed by atoms with van der Waals surface area (Å²) in [7, 11) is 0. The number of hydrogen-bond donors (Lipinski definition) is 3. The number of amides is 2. The minimum atomic E-state index is -0.752. The molecule has 0 unspecified atom stereocenters. The molecule has 5 nitrogen and oxygen atoms in total. The van der Waals surface area contributed by atoms with Crippen molar-refractivity contribution in [2.45, 2.75) is 31.7 Å². The predicted octanol–water partition coefficient (Wildman–Crippen LogP) is 4.77. The molecule has 2 aromatic carbocycles. The van der Waals surface area contributed by atoms with E-state index in [1.165, 1.54) is 0 Å². The summed E-state index contributed by atoms with van der Waals surface area (Å²) in [6.07, 6.45) is 2.51. The molecule has 26 heavy (non-hydrogen) atoms. The van der Waals surface area contributed by atoms with Gasteiger partial charge in [0, 0.05) is 6.04 Å². The second kappa shape index (κ2) is 8.23. The van der Waals surface area contributed by atoms with E-state index in [0.717, 1.165) is 11.1 Å². The number of hydrogen-bond acceptors (Lipinski definition) is 2. The Kier molecular flexibility index (Phi) is 5.78. The molecule has 3 rings (SSSR count). The van der Waals surface area contributed by atoms with Crippen molar-refractivity contribution in [2.24, 2.45) is 5.92 Å². The fourth-order valence-corrected chi connectivity index (χ4v) is 3.42. The molecule has 0 bridgehead atoms. The number of nitrogens with one attached hydrogen (secondary N) is 2. The van der Waals surface area contributed by atoms with Crippen molar-refractivity contribution in [2.75, 3.05) is 5.32 Å². The number of rotatable bonds is 4. The van der Waals surface area contributed by atoms with Gasteiger partial charge in [0.25, 0.3) is 0 Å². The van der Waals surface area contributed by atoms with Gasteiger partial charge in [-0.15, -0.1) is 0 Å². The highest BCUT2D eigenvalue weighted by Crippen LogP contribution is 2.29. The summed E-state index contributed by atoms with van der Waals surface area (Å²) in [4.78, 5) is 23.3. The second-order valence-corrected chi connectivity index (χ2v) is 6.95. The number of halogens is 1. The largest absolute Gasteiger partial charge is 0.481 e. The third kappa shape index (κ3) is 4.55. The SMILES string of the molecule is O=C(Nc1cc(-c2ccccc2)ccc1Cl)NC1CCC(C(=O)O)CC1. The molecule has 0 saturated heterocycles. The van der Waals surface area contributed by atoms with Crippen LogP contribution in [-0.4, -0.2) is 23.1 Å². The molecule has 6 heteroatoms. The average Bonchev–Trinajstić information content (AvgIpc) is 2.64. The Bertz CT molecular complexity index is 787. The molecule has 0 spiro atoms. The van der Waals surface area contributed by atoms with Crippen LogP contribution in [0.15, 0.2) is 48.5 Å². The van der Waals surface area contributed by atoms with E-state index >= 15 is 0 Å². The molecule has 136 valence electrons. The molecule has 1 aliphatic carbocycles. The maximum Gasteiger partial charge on any atom is 0.319 e. The van der Waals surface area contributed by atoms with Crippen LogP contribution in [-0.2, 0) is 4.79 Å². The summed E-state index contributed by atoms with van der Waals surface area (Å²) in [5.41, 5.74) is 2.55. The third-order valence-corrected chi connectivity index (χ3v) is 5.06. The van der Waals surface area contributed by atoms with E-state index in [1.54, 1.807) is 6.07 Å². The number of carboxylic acid groups (broad SMARTS) is 1. The van der Waals surface area contributed by atoms with E-state index in [1.807, 2.05) is 42.5 Å². The van der Waals surface area contributed by atoms with Crippen LogP contribution in [0.25, 0.3) is 11.1 Å². The van der Waals surface area contributed by atoms with Crippen LogP contribution in [0.5, 0.6) is 0 Å². The van der Waals surface area contributed by atoms with Crippen LogP contribution in [0.1, 0.15) is 25.7 Å². The molecule has 0 aliphatic heterocycles. The maximum absolute atomic E-state index is 12.3. The van der Waals surface area contributed by atoms with Gasteiger partial charge in [-0.25, -0.2) is 4.79 Å². The first-order valence-corrected chi connectivity index (χ1v) is 9.06. The van der Waals surface area contributed by atoms with Gasteiger partial charge >= 0.3 is 12.0 Å². The van der Waals surface area contributed by atoms with Gasteiger partial charge in [-0.1, -0.05) is 48.0 Å². The van der Waals surface area contributed by atoms with Crippen LogP contribution < -0.4 is 10.6 Å². The fourth-order valence-electron chi connectivity index (χ4n) is 3.26. The van der Waals surface area contributed by atoms with Crippen molar-refractivity contribution in [3.63, 3.8) is 0 Å². The Balaban J connectivity index is 1.62. The molecule has 2 amide bonds. The second-order valence-electron chi connectivity index (χ2n) is 6.55. The number of carboxylic acids is 1. The van der Waals surface area contributed by atoms with E-state index in [-0.39, 0.29) is 18.0 Å². The number of aliphatic carboxylic acids is 1. The Labute approximate surface area is 157 Å². The average molecular weight is 373 g/mol. The molecule has 0 atom stereocenters. The Morgan fingerprint density at radius 3 is 2.31 bits per heavy atom. The molecular formula is C20H21ClN2O3. The van der Waals surface area contributed by atoms with Gasteiger partial charge in [0.15, 0.2) is 0 Å². The van der Waals surface area contributed by atoms with E-state index in [4.69, 9.17) is 16.7 Å². The van der Waals surface area contributed by atoms with Gasteiger partial charge in [0.1, 0.15) is 0 Å². The number of urea groups is 1. The highest BCUT2D eigenvalue weighted by molar-refractivity contribution is 6.33. The summed E-state index contributed by atoms with van der Waals surface area (Å²) in [6, 6.07) is 15.0. The lowest BCUT2D eigenvalue weighted by Gasteiger charge is -2.26. The van der Waals surface area contributed by atoms with Crippen molar-refractivity contribution < 1.29 is 14.7 Å². The van der Waals surface area contributed by atoms with Crippen molar-refractivity contribution in [3.05, 3.63) is 53.6 Å². The van der Waals surface area contributed by atoms with E-state index in [2.05, 4.69) is 10.6 Å². The first kappa shape index (κ1) is 18.3. The molecule has 1 saturated carbocycles. The van der Waals surface area contributed by atoms with Gasteiger partial charge in [-0.05, 0) is 48.9 Å². The van der Waals surface area contributed by atoms with Crippen LogP contribution in [0.4, 0.5) is 10.5 Å². The summed E-state index contributed by atoms with van der Waals surface area (Å²) in [6.45, 7) is 0. The Morgan fingerprint density at radius 2 is 1.65 bits per heavy atom. The van der Waals surface area contributed by atoms with Crippen molar-refractivity contribution >= 4 is 29.3 Å². The van der Waals surface area contributed by atoms with E-state index in [9.17, 15) is 9.59 Å². The van der Waals surface area contributed by atoms with Gasteiger partial charge in [0.05, 0.1) is 16.6 Å². The highest BCUT2D eigenvalue weighted by Gasteiger charge is 2.26. The van der Waals surface area contributed by atoms with Crippen LogP contribution in [0.2, 0.25) is 5.02 Å². The molecule has 0 radical (unpaired) electrons. The lowest BCUT2D eigenvalue weighted by Crippen LogP contribution is -2.41. The Hall–Kier alpha value is -2.53. The quantitative estimate of drug-likeness (QED) is 0.723. The topological polar surface area (TPSA) is 78.4 Å². The van der Waals surface area contributed by atoms with Crippen LogP contribution in [0, 0.1) is 5.92 Å². The number of carbonyl (C=O) groups is 2. The van der Waals surface area contributed by atoms with Crippen LogP contribution in [0.3, 0.4) is 0 Å². The zero-order valence-electron chi connectivity index (χ0n) is 14.2. The van der Waals surface area contributed by atoms with Gasteiger partial charge in [-0.2, -0.15) is 0 Å². The highest BCUT2D eigenvalue weighted by atomic mass is 35.5. The molecule has 1 aliphatic rings. The maximum atomic E-state index is 12.3. The zero-order chi connectivity index (χ0) is 18.5. The standard InChI is InChI=1S/C20H21ClN2O3/c21-17-11-8-15(13-4-2-1-3-5-13)12-18(17)23-20(26)22-16-9-6-14(7-10-16)19(24)25/h1-5,8,11-12,14,16H,6-7,9-10H2,(H,24,25)(H2,22,23,26). The monoisotopic (exact) mass is 372 g/mol. The molecule has 1 fully saturated rings. The minimum absolute atomic E-state index is 0.0123. The zero-order valence-corrected chi connectivity index (χ0v) is 15.0. The molecule has 0 aromatic heterocycles. The third-order valence-electron chi connectivity index (χ3n) is 4.73. The molecule has 3 N–H and O–H groups in total. The number of benzene rings is 2. The number of carbonyl (C=O) groups excluding carboxylic acids is 1. The van der Waals surface area contributed by atoms with Gasteiger partial charge in [-0.3, -0.25) is 4.79 Å². The molecule has 0 heterocycles. The summed E-state index contributed by atoms with van der Waals surface area (Å²) in [5.74, 6) is -1.05. The Morgan fingerprint density at radius 1 is 0.962 bits per heavy atom.